The monoisotopic (exact) mass is 264 g/mol. The first kappa shape index (κ1) is 13.8. The molecule has 1 N–H and O–H groups in total. The lowest BCUT2D eigenvalue weighted by molar-refractivity contribution is 0.657. The van der Waals surface area contributed by atoms with Crippen molar-refractivity contribution in [1.82, 2.24) is 15.0 Å². The maximum Gasteiger partial charge on any atom is 0.231 e. The van der Waals surface area contributed by atoms with Crippen molar-refractivity contribution >= 4 is 17.8 Å². The van der Waals surface area contributed by atoms with Crippen molar-refractivity contribution in [3.05, 3.63) is 0 Å². The van der Waals surface area contributed by atoms with Crippen molar-refractivity contribution in [3.8, 4) is 0 Å². The van der Waals surface area contributed by atoms with Gasteiger partial charge < -0.3 is 15.1 Å². The highest BCUT2D eigenvalue weighted by atomic mass is 15.4. The summed E-state index contributed by atoms with van der Waals surface area (Å²) in [5.74, 6) is 2.92. The molecule has 1 aliphatic rings. The SMILES string of the molecule is CCN(CC)c1nc(NC)nc(N2CCC(C)C2)n1. The average molecular weight is 264 g/mol. The molecule has 0 spiro atoms. The van der Waals surface area contributed by atoms with Gasteiger partial charge in [-0.05, 0) is 26.2 Å². The fourth-order valence-electron chi connectivity index (χ4n) is 2.37. The number of nitrogens with one attached hydrogen (secondary N) is 1. The number of nitrogens with zero attached hydrogens (tertiary/aromatic N) is 5. The normalized spacial score (nSPS) is 18.7. The molecular formula is C13H24N6. The molecule has 106 valence electrons. The highest BCUT2D eigenvalue weighted by Gasteiger charge is 2.22. The average Bonchev–Trinajstić information content (AvgIpc) is 2.86. The van der Waals surface area contributed by atoms with Gasteiger partial charge in [-0.2, -0.15) is 15.0 Å². The Morgan fingerprint density at radius 2 is 2.00 bits per heavy atom. The van der Waals surface area contributed by atoms with Gasteiger partial charge in [0.2, 0.25) is 17.8 Å². The zero-order valence-corrected chi connectivity index (χ0v) is 12.3. The maximum absolute atomic E-state index is 4.63. The van der Waals surface area contributed by atoms with E-state index < -0.39 is 0 Å². The topological polar surface area (TPSA) is 57.2 Å². The second-order valence-corrected chi connectivity index (χ2v) is 5.02. The largest absolute Gasteiger partial charge is 0.357 e. The molecule has 0 amide bonds. The Balaban J connectivity index is 2.30. The van der Waals surface area contributed by atoms with Gasteiger partial charge >= 0.3 is 0 Å². The third-order valence-corrected chi connectivity index (χ3v) is 3.59. The zero-order valence-electron chi connectivity index (χ0n) is 12.3. The molecule has 6 nitrogen and oxygen atoms in total. The van der Waals surface area contributed by atoms with E-state index in [1.165, 1.54) is 6.42 Å². The summed E-state index contributed by atoms with van der Waals surface area (Å²) in [5.41, 5.74) is 0. The van der Waals surface area contributed by atoms with Crippen LogP contribution < -0.4 is 15.1 Å². The van der Waals surface area contributed by atoms with Crippen molar-refractivity contribution in [3.63, 3.8) is 0 Å². The minimum Gasteiger partial charge on any atom is -0.357 e. The van der Waals surface area contributed by atoms with Crippen LogP contribution in [-0.4, -0.2) is 48.2 Å². The summed E-state index contributed by atoms with van der Waals surface area (Å²) in [6, 6.07) is 0. The van der Waals surface area contributed by atoms with Gasteiger partial charge in [0, 0.05) is 33.2 Å². The van der Waals surface area contributed by atoms with Crippen molar-refractivity contribution < 1.29 is 0 Å². The van der Waals surface area contributed by atoms with Crippen LogP contribution in [0.15, 0.2) is 0 Å². The number of rotatable bonds is 5. The van der Waals surface area contributed by atoms with Gasteiger partial charge in [0.05, 0.1) is 0 Å². The van der Waals surface area contributed by atoms with E-state index in [4.69, 9.17) is 0 Å². The molecule has 2 heterocycles. The first-order valence-corrected chi connectivity index (χ1v) is 7.11. The molecule has 0 bridgehead atoms. The van der Waals surface area contributed by atoms with E-state index in [2.05, 4.69) is 50.8 Å². The molecule has 0 saturated carbocycles. The van der Waals surface area contributed by atoms with Crippen LogP contribution in [0.2, 0.25) is 0 Å². The van der Waals surface area contributed by atoms with Gasteiger partial charge in [0.1, 0.15) is 0 Å². The van der Waals surface area contributed by atoms with Gasteiger partial charge in [-0.3, -0.25) is 0 Å². The zero-order chi connectivity index (χ0) is 13.8. The predicted molar refractivity (Wildman–Crippen MR) is 78.9 cm³/mol. The fourth-order valence-corrected chi connectivity index (χ4v) is 2.37. The summed E-state index contributed by atoms with van der Waals surface area (Å²) in [6.07, 6.45) is 1.21. The Bertz CT molecular complexity index is 418. The molecule has 1 fully saturated rings. The van der Waals surface area contributed by atoms with Gasteiger partial charge in [0.25, 0.3) is 0 Å². The van der Waals surface area contributed by atoms with Crippen LogP contribution in [0.25, 0.3) is 0 Å². The lowest BCUT2D eigenvalue weighted by atomic mass is 10.2. The summed E-state index contributed by atoms with van der Waals surface area (Å²) < 4.78 is 0. The maximum atomic E-state index is 4.63. The molecule has 19 heavy (non-hydrogen) atoms. The summed E-state index contributed by atoms with van der Waals surface area (Å²) in [5, 5.41) is 3.03. The first-order chi connectivity index (χ1) is 9.17. The summed E-state index contributed by atoms with van der Waals surface area (Å²) in [4.78, 5) is 18.0. The van der Waals surface area contributed by atoms with E-state index in [0.29, 0.717) is 11.9 Å². The van der Waals surface area contributed by atoms with E-state index in [1.54, 1.807) is 0 Å². The van der Waals surface area contributed by atoms with Crippen LogP contribution >= 0.6 is 0 Å². The molecule has 0 radical (unpaired) electrons. The molecule has 1 aliphatic heterocycles. The van der Waals surface area contributed by atoms with Crippen molar-refractivity contribution in [2.24, 2.45) is 5.92 Å². The van der Waals surface area contributed by atoms with E-state index in [0.717, 1.165) is 38.1 Å². The van der Waals surface area contributed by atoms with Crippen LogP contribution in [-0.2, 0) is 0 Å². The second-order valence-electron chi connectivity index (χ2n) is 5.02. The number of aromatic nitrogens is 3. The Morgan fingerprint density at radius 3 is 2.53 bits per heavy atom. The van der Waals surface area contributed by atoms with E-state index >= 15 is 0 Å². The van der Waals surface area contributed by atoms with Gasteiger partial charge in [-0.25, -0.2) is 0 Å². The third kappa shape index (κ3) is 3.05. The quantitative estimate of drug-likeness (QED) is 0.872. The van der Waals surface area contributed by atoms with Crippen LogP contribution in [0.4, 0.5) is 17.8 Å². The van der Waals surface area contributed by atoms with Crippen LogP contribution in [0.5, 0.6) is 0 Å². The molecule has 0 aliphatic carbocycles. The Labute approximate surface area is 115 Å². The number of anilines is 3. The van der Waals surface area contributed by atoms with E-state index in [9.17, 15) is 0 Å². The smallest absolute Gasteiger partial charge is 0.231 e. The Morgan fingerprint density at radius 1 is 1.26 bits per heavy atom. The van der Waals surface area contributed by atoms with Gasteiger partial charge in [-0.15, -0.1) is 0 Å². The van der Waals surface area contributed by atoms with Crippen molar-refractivity contribution in [2.75, 3.05) is 48.3 Å². The summed E-state index contributed by atoms with van der Waals surface area (Å²) in [7, 11) is 1.84. The Kier molecular flexibility index (Phi) is 4.39. The van der Waals surface area contributed by atoms with Crippen LogP contribution in [0, 0.1) is 5.92 Å². The highest BCUT2D eigenvalue weighted by molar-refractivity contribution is 5.45. The Hall–Kier alpha value is -1.59. The number of hydrogen-bond donors (Lipinski definition) is 1. The standard InChI is InChI=1S/C13H24N6/c1-5-18(6-2)12-15-11(14-4)16-13(17-12)19-8-7-10(3)9-19/h10H,5-9H2,1-4H3,(H,14,15,16,17). The highest BCUT2D eigenvalue weighted by Crippen LogP contribution is 2.22. The van der Waals surface area contributed by atoms with Crippen LogP contribution in [0.3, 0.4) is 0 Å². The third-order valence-electron chi connectivity index (χ3n) is 3.59. The molecule has 1 atom stereocenters. The molecule has 2 rings (SSSR count). The van der Waals surface area contributed by atoms with Gasteiger partial charge in [-0.1, -0.05) is 6.92 Å². The minimum atomic E-state index is 0.645. The van der Waals surface area contributed by atoms with E-state index in [-0.39, 0.29) is 0 Å². The molecule has 0 aromatic carbocycles. The molecule has 1 aromatic heterocycles. The minimum absolute atomic E-state index is 0.645. The summed E-state index contributed by atoms with van der Waals surface area (Å²) in [6.45, 7) is 10.4. The number of hydrogen-bond acceptors (Lipinski definition) is 6. The van der Waals surface area contributed by atoms with Crippen LogP contribution in [0.1, 0.15) is 27.2 Å². The fraction of sp³-hybridized carbons (Fsp3) is 0.769. The molecule has 6 heteroatoms. The van der Waals surface area contributed by atoms with Crippen molar-refractivity contribution in [2.45, 2.75) is 27.2 Å². The second kappa shape index (κ2) is 6.04. The molecule has 1 saturated heterocycles. The molecular weight excluding hydrogens is 240 g/mol. The lowest BCUT2D eigenvalue weighted by Gasteiger charge is -2.22. The molecule has 1 aromatic rings. The summed E-state index contributed by atoms with van der Waals surface area (Å²) >= 11 is 0. The van der Waals surface area contributed by atoms with Gasteiger partial charge in [0.15, 0.2) is 0 Å². The predicted octanol–water partition coefficient (Wildman–Crippen LogP) is 1.61. The first-order valence-electron chi connectivity index (χ1n) is 7.11. The molecule has 1 unspecified atom stereocenters. The lowest BCUT2D eigenvalue weighted by Crippen LogP contribution is -2.28. The van der Waals surface area contributed by atoms with Crippen molar-refractivity contribution in [1.29, 1.82) is 0 Å². The van der Waals surface area contributed by atoms with E-state index in [1.807, 2.05) is 7.05 Å².